The Labute approximate surface area is 72.1 Å². The lowest BCUT2D eigenvalue weighted by atomic mass is 10.4. The fourth-order valence-corrected chi connectivity index (χ4v) is 0.547. The van der Waals surface area contributed by atoms with Crippen molar-refractivity contribution in [2.24, 2.45) is 0 Å². The van der Waals surface area contributed by atoms with Crippen molar-refractivity contribution in [2.75, 3.05) is 5.88 Å². The van der Waals surface area contributed by atoms with Gasteiger partial charge in [0, 0.05) is 6.04 Å². The molecular formula is C7H14ClNO2. The summed E-state index contributed by atoms with van der Waals surface area (Å²) in [6.45, 7) is 5.48. The van der Waals surface area contributed by atoms with Gasteiger partial charge in [0.1, 0.15) is 6.10 Å². The van der Waals surface area contributed by atoms with E-state index in [0.717, 1.165) is 0 Å². The van der Waals surface area contributed by atoms with Crippen molar-refractivity contribution in [1.29, 1.82) is 0 Å². The molecule has 0 aliphatic rings. The summed E-state index contributed by atoms with van der Waals surface area (Å²) in [6, 6.07) is 0.102. The molecule has 0 aromatic carbocycles. The summed E-state index contributed by atoms with van der Waals surface area (Å²) in [5.41, 5.74) is 0. The van der Waals surface area contributed by atoms with E-state index in [9.17, 15) is 4.79 Å². The summed E-state index contributed by atoms with van der Waals surface area (Å²) < 4.78 is 4.83. The van der Waals surface area contributed by atoms with E-state index in [0.29, 0.717) is 5.88 Å². The quantitative estimate of drug-likeness (QED) is 0.671. The first-order valence-corrected chi connectivity index (χ1v) is 4.12. The number of alkyl halides is 1. The maximum absolute atomic E-state index is 10.8. The predicted octanol–water partition coefficient (Wildman–Crippen LogP) is 1.75. The van der Waals surface area contributed by atoms with Crippen LogP contribution in [0.4, 0.5) is 4.79 Å². The summed E-state index contributed by atoms with van der Waals surface area (Å²) in [6.07, 6.45) is -0.636. The zero-order valence-corrected chi connectivity index (χ0v) is 7.81. The average Bonchev–Trinajstić information content (AvgIpc) is 1.85. The fourth-order valence-electron chi connectivity index (χ4n) is 0.484. The minimum absolute atomic E-state index is 0.102. The van der Waals surface area contributed by atoms with Crippen molar-refractivity contribution in [2.45, 2.75) is 32.9 Å². The fraction of sp³-hybridized carbons (Fsp3) is 0.857. The maximum atomic E-state index is 10.8. The number of halogens is 1. The van der Waals surface area contributed by atoms with Crippen LogP contribution < -0.4 is 5.32 Å². The van der Waals surface area contributed by atoms with E-state index in [2.05, 4.69) is 5.32 Å². The molecular weight excluding hydrogens is 166 g/mol. The Morgan fingerprint density at radius 3 is 2.45 bits per heavy atom. The number of ether oxygens (including phenoxy) is 1. The topological polar surface area (TPSA) is 38.3 Å². The average molecular weight is 180 g/mol. The molecule has 0 aromatic rings. The van der Waals surface area contributed by atoms with Gasteiger partial charge >= 0.3 is 6.09 Å². The molecule has 1 N–H and O–H groups in total. The monoisotopic (exact) mass is 179 g/mol. The maximum Gasteiger partial charge on any atom is 0.407 e. The van der Waals surface area contributed by atoms with E-state index in [1.54, 1.807) is 6.92 Å². The van der Waals surface area contributed by atoms with Gasteiger partial charge in [-0.1, -0.05) is 0 Å². The molecule has 0 rings (SSSR count). The highest BCUT2D eigenvalue weighted by molar-refractivity contribution is 6.18. The largest absolute Gasteiger partial charge is 0.445 e. The molecule has 1 amide bonds. The SMILES string of the molecule is CC(C)NC(=O)OC(C)CCl. The van der Waals surface area contributed by atoms with E-state index in [1.807, 2.05) is 13.8 Å². The standard InChI is InChI=1S/C7H14ClNO2/c1-5(2)9-7(10)11-6(3)4-8/h5-6H,4H2,1-3H3,(H,9,10). The normalized spacial score (nSPS) is 12.8. The van der Waals surface area contributed by atoms with Crippen molar-refractivity contribution in [3.63, 3.8) is 0 Å². The lowest BCUT2D eigenvalue weighted by Gasteiger charge is -2.12. The highest BCUT2D eigenvalue weighted by Crippen LogP contribution is 1.94. The Bertz CT molecular complexity index is 128. The Kier molecular flexibility index (Phi) is 5.03. The lowest BCUT2D eigenvalue weighted by Crippen LogP contribution is -2.33. The summed E-state index contributed by atoms with van der Waals surface area (Å²) >= 11 is 5.43. The van der Waals surface area contributed by atoms with Crippen molar-refractivity contribution in [3.05, 3.63) is 0 Å². The van der Waals surface area contributed by atoms with E-state index < -0.39 is 6.09 Å². The van der Waals surface area contributed by atoms with E-state index in [4.69, 9.17) is 16.3 Å². The van der Waals surface area contributed by atoms with Crippen LogP contribution >= 0.6 is 11.6 Å². The van der Waals surface area contributed by atoms with Crippen LogP contribution in [0.5, 0.6) is 0 Å². The van der Waals surface area contributed by atoms with Gasteiger partial charge in [-0.3, -0.25) is 0 Å². The third-order valence-electron chi connectivity index (χ3n) is 0.932. The second-order valence-electron chi connectivity index (χ2n) is 2.67. The molecule has 0 radical (unpaired) electrons. The second kappa shape index (κ2) is 5.24. The van der Waals surface area contributed by atoms with Crippen molar-refractivity contribution in [1.82, 2.24) is 5.32 Å². The molecule has 3 nitrogen and oxygen atoms in total. The van der Waals surface area contributed by atoms with Crippen LogP contribution in [0.1, 0.15) is 20.8 Å². The first-order chi connectivity index (χ1) is 5.06. The molecule has 11 heavy (non-hydrogen) atoms. The Morgan fingerprint density at radius 1 is 1.55 bits per heavy atom. The van der Waals surface area contributed by atoms with Gasteiger partial charge in [-0.2, -0.15) is 0 Å². The van der Waals surface area contributed by atoms with Gasteiger partial charge in [-0.05, 0) is 20.8 Å². The number of amides is 1. The van der Waals surface area contributed by atoms with Crippen LogP contribution in [0.3, 0.4) is 0 Å². The molecule has 0 fully saturated rings. The molecule has 0 saturated heterocycles. The zero-order chi connectivity index (χ0) is 8.85. The van der Waals surface area contributed by atoms with E-state index in [-0.39, 0.29) is 12.1 Å². The van der Waals surface area contributed by atoms with E-state index in [1.165, 1.54) is 0 Å². The predicted molar refractivity (Wildman–Crippen MR) is 44.9 cm³/mol. The van der Waals surface area contributed by atoms with Crippen LogP contribution in [0.25, 0.3) is 0 Å². The molecule has 4 heteroatoms. The summed E-state index contributed by atoms with van der Waals surface area (Å²) in [7, 11) is 0. The van der Waals surface area contributed by atoms with Gasteiger partial charge < -0.3 is 10.1 Å². The molecule has 0 bridgehead atoms. The smallest absolute Gasteiger partial charge is 0.407 e. The molecule has 1 atom stereocenters. The third kappa shape index (κ3) is 5.98. The number of alkyl carbamates (subject to hydrolysis) is 1. The number of hydrogen-bond donors (Lipinski definition) is 1. The van der Waals surface area contributed by atoms with E-state index >= 15 is 0 Å². The molecule has 0 aromatic heterocycles. The van der Waals surface area contributed by atoms with Crippen LogP contribution in [0, 0.1) is 0 Å². The highest BCUT2D eigenvalue weighted by Gasteiger charge is 2.07. The molecule has 1 unspecified atom stereocenters. The molecule has 66 valence electrons. The second-order valence-corrected chi connectivity index (χ2v) is 2.98. The zero-order valence-electron chi connectivity index (χ0n) is 7.06. The summed E-state index contributed by atoms with van der Waals surface area (Å²) in [5, 5.41) is 2.59. The lowest BCUT2D eigenvalue weighted by molar-refractivity contribution is 0.115. The first kappa shape index (κ1) is 10.6. The Balaban J connectivity index is 3.52. The molecule has 0 spiro atoms. The number of nitrogens with one attached hydrogen (secondary N) is 1. The van der Waals surface area contributed by atoms with Gasteiger partial charge in [0.2, 0.25) is 0 Å². The first-order valence-electron chi connectivity index (χ1n) is 3.59. The third-order valence-corrected chi connectivity index (χ3v) is 1.37. The number of carbonyl (C=O) groups is 1. The Hall–Kier alpha value is -0.440. The van der Waals surface area contributed by atoms with Crippen molar-refractivity contribution >= 4 is 17.7 Å². The van der Waals surface area contributed by atoms with Gasteiger partial charge in [-0.25, -0.2) is 4.79 Å². The summed E-state index contributed by atoms with van der Waals surface area (Å²) in [4.78, 5) is 10.8. The minimum Gasteiger partial charge on any atom is -0.445 e. The minimum atomic E-state index is -0.409. The highest BCUT2D eigenvalue weighted by atomic mass is 35.5. The van der Waals surface area contributed by atoms with Gasteiger partial charge in [0.05, 0.1) is 5.88 Å². The Morgan fingerprint density at radius 2 is 2.09 bits per heavy atom. The number of rotatable bonds is 3. The van der Waals surface area contributed by atoms with Crippen molar-refractivity contribution in [3.8, 4) is 0 Å². The van der Waals surface area contributed by atoms with Crippen LogP contribution in [0.2, 0.25) is 0 Å². The number of carbonyl (C=O) groups excluding carboxylic acids is 1. The van der Waals surface area contributed by atoms with Crippen LogP contribution in [-0.4, -0.2) is 24.1 Å². The van der Waals surface area contributed by atoms with Gasteiger partial charge in [0.15, 0.2) is 0 Å². The number of hydrogen-bond acceptors (Lipinski definition) is 2. The van der Waals surface area contributed by atoms with Gasteiger partial charge in [-0.15, -0.1) is 11.6 Å². The van der Waals surface area contributed by atoms with Gasteiger partial charge in [0.25, 0.3) is 0 Å². The molecule has 0 aliphatic carbocycles. The van der Waals surface area contributed by atoms with Crippen LogP contribution in [0.15, 0.2) is 0 Å². The molecule has 0 heterocycles. The summed E-state index contributed by atoms with van der Waals surface area (Å²) in [5.74, 6) is 0.325. The van der Waals surface area contributed by atoms with Crippen molar-refractivity contribution < 1.29 is 9.53 Å². The molecule has 0 saturated carbocycles. The van der Waals surface area contributed by atoms with Crippen LogP contribution in [-0.2, 0) is 4.74 Å². The molecule has 0 aliphatic heterocycles.